The normalized spacial score (nSPS) is 17.5. The number of fused-ring (bicyclic) bond motifs is 2. The Morgan fingerprint density at radius 1 is 1.08 bits per heavy atom. The molecule has 26 heavy (non-hydrogen) atoms. The SMILES string of the molecule is Cc1ccc(-c2nnco2)cc1-c1ccc2c(c1)NC(=O)C21CCCC1. The molecule has 1 aliphatic heterocycles. The number of carbonyl (C=O) groups excluding carboxylic acids is 1. The van der Waals surface area contributed by atoms with Gasteiger partial charge in [-0.3, -0.25) is 4.79 Å². The summed E-state index contributed by atoms with van der Waals surface area (Å²) in [7, 11) is 0. The molecule has 3 aromatic rings. The van der Waals surface area contributed by atoms with E-state index in [0.717, 1.165) is 59.2 Å². The number of carbonyl (C=O) groups is 1. The monoisotopic (exact) mass is 345 g/mol. The molecule has 1 spiro atoms. The highest BCUT2D eigenvalue weighted by Crippen LogP contribution is 2.49. The van der Waals surface area contributed by atoms with E-state index in [4.69, 9.17) is 4.42 Å². The number of benzene rings is 2. The Labute approximate surface area is 151 Å². The van der Waals surface area contributed by atoms with Crippen LogP contribution in [-0.4, -0.2) is 16.1 Å². The van der Waals surface area contributed by atoms with Crippen molar-refractivity contribution in [3.8, 4) is 22.6 Å². The smallest absolute Gasteiger partial charge is 0.247 e. The minimum atomic E-state index is -0.297. The quantitative estimate of drug-likeness (QED) is 0.744. The van der Waals surface area contributed by atoms with Gasteiger partial charge >= 0.3 is 0 Å². The zero-order valence-electron chi connectivity index (χ0n) is 14.6. The third kappa shape index (κ3) is 2.13. The van der Waals surface area contributed by atoms with Crippen LogP contribution in [0.15, 0.2) is 47.2 Å². The van der Waals surface area contributed by atoms with Gasteiger partial charge in [0.05, 0.1) is 5.41 Å². The van der Waals surface area contributed by atoms with E-state index in [2.05, 4.69) is 52.8 Å². The van der Waals surface area contributed by atoms with Gasteiger partial charge in [-0.25, -0.2) is 0 Å². The first-order chi connectivity index (χ1) is 12.7. The summed E-state index contributed by atoms with van der Waals surface area (Å²) >= 11 is 0. The van der Waals surface area contributed by atoms with Crippen LogP contribution in [0.2, 0.25) is 0 Å². The molecule has 1 fully saturated rings. The van der Waals surface area contributed by atoms with Crippen LogP contribution in [0.1, 0.15) is 36.8 Å². The van der Waals surface area contributed by atoms with Crippen LogP contribution >= 0.6 is 0 Å². The number of nitrogens with one attached hydrogen (secondary N) is 1. The van der Waals surface area contributed by atoms with Crippen molar-refractivity contribution < 1.29 is 9.21 Å². The molecule has 1 aliphatic carbocycles. The third-order valence-corrected chi connectivity index (χ3v) is 5.83. The number of anilines is 1. The van der Waals surface area contributed by atoms with Crippen LogP contribution < -0.4 is 5.32 Å². The Bertz CT molecular complexity index is 1000. The van der Waals surface area contributed by atoms with Crippen molar-refractivity contribution in [1.82, 2.24) is 10.2 Å². The topological polar surface area (TPSA) is 68.0 Å². The molecule has 5 rings (SSSR count). The summed E-state index contributed by atoms with van der Waals surface area (Å²) in [5, 5.41) is 10.9. The highest BCUT2D eigenvalue weighted by atomic mass is 16.4. The van der Waals surface area contributed by atoms with Gasteiger partial charge in [0.2, 0.25) is 18.2 Å². The van der Waals surface area contributed by atoms with E-state index in [9.17, 15) is 4.79 Å². The fraction of sp³-hybridized carbons (Fsp3) is 0.286. The molecule has 0 bridgehead atoms. The first-order valence-electron chi connectivity index (χ1n) is 9.01. The number of amides is 1. The van der Waals surface area contributed by atoms with Gasteiger partial charge in [0, 0.05) is 11.3 Å². The van der Waals surface area contributed by atoms with Crippen LogP contribution in [-0.2, 0) is 10.2 Å². The highest BCUT2D eigenvalue weighted by molar-refractivity contribution is 6.07. The lowest BCUT2D eigenvalue weighted by atomic mass is 9.79. The Kier molecular flexibility index (Phi) is 3.26. The number of aryl methyl sites for hydroxylation is 1. The first kappa shape index (κ1) is 15.3. The van der Waals surface area contributed by atoms with Crippen LogP contribution in [0, 0.1) is 6.92 Å². The summed E-state index contributed by atoms with van der Waals surface area (Å²) in [6.45, 7) is 2.08. The summed E-state index contributed by atoms with van der Waals surface area (Å²) < 4.78 is 5.32. The summed E-state index contributed by atoms with van der Waals surface area (Å²) in [4.78, 5) is 12.6. The fourth-order valence-corrected chi connectivity index (χ4v) is 4.44. The molecular formula is C21H19N3O2. The van der Waals surface area contributed by atoms with E-state index in [1.807, 2.05) is 6.07 Å². The lowest BCUT2D eigenvalue weighted by molar-refractivity contribution is -0.120. The lowest BCUT2D eigenvalue weighted by Crippen LogP contribution is -2.30. The Morgan fingerprint density at radius 3 is 2.65 bits per heavy atom. The summed E-state index contributed by atoms with van der Waals surface area (Å²) in [5.41, 5.74) is 6.05. The van der Waals surface area contributed by atoms with Crippen LogP contribution in [0.4, 0.5) is 5.69 Å². The van der Waals surface area contributed by atoms with Crippen molar-refractivity contribution in [2.75, 3.05) is 5.32 Å². The molecular weight excluding hydrogens is 326 g/mol. The van der Waals surface area contributed by atoms with Gasteiger partial charge < -0.3 is 9.73 Å². The van der Waals surface area contributed by atoms with Gasteiger partial charge in [-0.1, -0.05) is 31.0 Å². The van der Waals surface area contributed by atoms with E-state index < -0.39 is 0 Å². The molecule has 0 saturated heterocycles. The Hall–Kier alpha value is -2.95. The Balaban J connectivity index is 1.60. The molecule has 5 nitrogen and oxygen atoms in total. The molecule has 130 valence electrons. The maximum Gasteiger partial charge on any atom is 0.247 e. The molecule has 0 radical (unpaired) electrons. The summed E-state index contributed by atoms with van der Waals surface area (Å²) in [5.74, 6) is 0.670. The minimum absolute atomic E-state index is 0.165. The number of aromatic nitrogens is 2. The number of rotatable bonds is 2. The predicted molar refractivity (Wildman–Crippen MR) is 98.7 cm³/mol. The van der Waals surface area contributed by atoms with Gasteiger partial charge in [-0.05, 0) is 60.2 Å². The van der Waals surface area contributed by atoms with E-state index in [1.54, 1.807) is 0 Å². The molecule has 1 aromatic heterocycles. The van der Waals surface area contributed by atoms with Crippen molar-refractivity contribution in [3.05, 3.63) is 53.9 Å². The fourth-order valence-electron chi connectivity index (χ4n) is 4.44. The predicted octanol–water partition coefficient (Wildman–Crippen LogP) is 4.48. The zero-order valence-corrected chi connectivity index (χ0v) is 14.6. The minimum Gasteiger partial charge on any atom is -0.423 e. The van der Waals surface area contributed by atoms with E-state index >= 15 is 0 Å². The number of nitrogens with zero attached hydrogens (tertiary/aromatic N) is 2. The van der Waals surface area contributed by atoms with Crippen molar-refractivity contribution in [3.63, 3.8) is 0 Å². The lowest BCUT2D eigenvalue weighted by Gasteiger charge is -2.20. The van der Waals surface area contributed by atoms with Crippen molar-refractivity contribution in [2.24, 2.45) is 0 Å². The van der Waals surface area contributed by atoms with Crippen molar-refractivity contribution >= 4 is 11.6 Å². The molecule has 2 heterocycles. The van der Waals surface area contributed by atoms with Crippen molar-refractivity contribution in [1.29, 1.82) is 0 Å². The second-order valence-corrected chi connectivity index (χ2v) is 7.28. The molecule has 0 unspecified atom stereocenters. The average molecular weight is 345 g/mol. The molecule has 1 N–H and O–H groups in total. The van der Waals surface area contributed by atoms with E-state index in [-0.39, 0.29) is 11.3 Å². The summed E-state index contributed by atoms with van der Waals surface area (Å²) in [6, 6.07) is 12.5. The summed E-state index contributed by atoms with van der Waals surface area (Å²) in [6.07, 6.45) is 5.49. The Morgan fingerprint density at radius 2 is 1.88 bits per heavy atom. The zero-order chi connectivity index (χ0) is 17.7. The van der Waals surface area contributed by atoms with Gasteiger partial charge in [0.15, 0.2) is 0 Å². The average Bonchev–Trinajstić information content (AvgIpc) is 3.39. The van der Waals surface area contributed by atoms with Gasteiger partial charge in [-0.15, -0.1) is 10.2 Å². The van der Waals surface area contributed by atoms with Gasteiger partial charge in [0.1, 0.15) is 0 Å². The highest BCUT2D eigenvalue weighted by Gasteiger charge is 2.48. The molecule has 2 aliphatic rings. The number of hydrogen-bond acceptors (Lipinski definition) is 4. The number of hydrogen-bond donors (Lipinski definition) is 1. The molecule has 1 amide bonds. The molecule has 0 atom stereocenters. The molecule has 2 aromatic carbocycles. The molecule has 1 saturated carbocycles. The van der Waals surface area contributed by atoms with Gasteiger partial charge in [-0.2, -0.15) is 0 Å². The maximum atomic E-state index is 12.6. The largest absolute Gasteiger partial charge is 0.423 e. The second kappa shape index (κ2) is 5.53. The van der Waals surface area contributed by atoms with E-state index in [1.165, 1.54) is 6.39 Å². The third-order valence-electron chi connectivity index (χ3n) is 5.83. The van der Waals surface area contributed by atoms with Gasteiger partial charge in [0.25, 0.3) is 0 Å². The second-order valence-electron chi connectivity index (χ2n) is 7.28. The standard InChI is InChI=1S/C21H19N3O2/c1-13-4-5-15(19-24-22-12-26-19)10-16(13)14-6-7-17-18(11-14)23-20(25)21(17)8-2-3-9-21/h4-7,10-12H,2-3,8-9H2,1H3,(H,23,25). The maximum absolute atomic E-state index is 12.6. The van der Waals surface area contributed by atoms with Crippen LogP contribution in [0.3, 0.4) is 0 Å². The van der Waals surface area contributed by atoms with E-state index in [0.29, 0.717) is 5.89 Å². The van der Waals surface area contributed by atoms with Crippen molar-refractivity contribution in [2.45, 2.75) is 38.0 Å². The van der Waals surface area contributed by atoms with Crippen LogP contribution in [0.25, 0.3) is 22.6 Å². The van der Waals surface area contributed by atoms with Crippen LogP contribution in [0.5, 0.6) is 0 Å². The molecule has 5 heteroatoms. The first-order valence-corrected chi connectivity index (χ1v) is 9.01.